The van der Waals surface area contributed by atoms with Gasteiger partial charge in [-0.05, 0) is 35.7 Å². The van der Waals surface area contributed by atoms with Crippen molar-refractivity contribution in [1.29, 1.82) is 0 Å². The minimum atomic E-state index is 0.290. The first-order chi connectivity index (χ1) is 8.74. The Morgan fingerprint density at radius 1 is 1.17 bits per heavy atom. The van der Waals surface area contributed by atoms with Gasteiger partial charge in [0.25, 0.3) is 0 Å². The van der Waals surface area contributed by atoms with Gasteiger partial charge in [-0.3, -0.25) is 0 Å². The summed E-state index contributed by atoms with van der Waals surface area (Å²) in [6.45, 7) is 5.83. The quantitative estimate of drug-likeness (QED) is 0.839. The maximum absolute atomic E-state index is 3.64. The average Bonchev–Trinajstić information content (AvgIpc) is 2.80. The first-order valence-electron chi connectivity index (χ1n) is 6.97. The van der Waals surface area contributed by atoms with Crippen molar-refractivity contribution in [3.05, 3.63) is 48.0 Å². The van der Waals surface area contributed by atoms with Crippen LogP contribution in [0.15, 0.2) is 42.5 Å². The Kier molecular flexibility index (Phi) is 2.87. The third-order valence-corrected chi connectivity index (χ3v) is 4.62. The molecule has 2 unspecified atom stereocenters. The number of hydrogen-bond donors (Lipinski definition) is 1. The van der Waals surface area contributed by atoms with Gasteiger partial charge >= 0.3 is 0 Å². The summed E-state index contributed by atoms with van der Waals surface area (Å²) in [5.41, 5.74) is 1.77. The van der Waals surface area contributed by atoms with Crippen LogP contribution in [0.4, 0.5) is 0 Å². The van der Waals surface area contributed by atoms with Crippen LogP contribution in [0.2, 0.25) is 0 Å². The van der Waals surface area contributed by atoms with Gasteiger partial charge in [0.15, 0.2) is 0 Å². The Morgan fingerprint density at radius 2 is 1.94 bits per heavy atom. The second-order valence-corrected chi connectivity index (χ2v) is 5.64. The van der Waals surface area contributed by atoms with Crippen LogP contribution >= 0.6 is 0 Å². The average molecular weight is 239 g/mol. The van der Waals surface area contributed by atoms with Gasteiger partial charge in [-0.2, -0.15) is 0 Å². The first-order valence-corrected chi connectivity index (χ1v) is 6.97. The highest BCUT2D eigenvalue weighted by atomic mass is 15.0. The van der Waals surface area contributed by atoms with Crippen LogP contribution in [0.3, 0.4) is 0 Å². The van der Waals surface area contributed by atoms with Gasteiger partial charge in [0.05, 0.1) is 0 Å². The lowest BCUT2D eigenvalue weighted by Gasteiger charge is -2.31. The summed E-state index contributed by atoms with van der Waals surface area (Å²) < 4.78 is 0. The van der Waals surface area contributed by atoms with E-state index in [1.807, 2.05) is 0 Å². The minimum absolute atomic E-state index is 0.290. The Bertz CT molecular complexity index is 560. The molecule has 1 aliphatic heterocycles. The third-order valence-electron chi connectivity index (χ3n) is 4.62. The molecule has 0 spiro atoms. The molecule has 0 aliphatic carbocycles. The molecule has 1 heterocycles. The summed E-state index contributed by atoms with van der Waals surface area (Å²) in [4.78, 5) is 0. The molecule has 2 aromatic rings. The second-order valence-electron chi connectivity index (χ2n) is 5.64. The number of fused-ring (bicyclic) bond motifs is 1. The first kappa shape index (κ1) is 11.7. The molecule has 1 heteroatoms. The van der Waals surface area contributed by atoms with Crippen molar-refractivity contribution >= 4 is 10.8 Å². The van der Waals surface area contributed by atoms with Crippen LogP contribution in [0.25, 0.3) is 10.8 Å². The van der Waals surface area contributed by atoms with Gasteiger partial charge in [0, 0.05) is 11.5 Å². The van der Waals surface area contributed by atoms with E-state index in [-0.39, 0.29) is 0 Å². The smallest absolute Gasteiger partial charge is 0.0159 e. The lowest BCUT2D eigenvalue weighted by molar-refractivity contribution is 0.393. The SMILES string of the molecule is CCC1NCCC1(C)c1ccc2ccccc2c1. The zero-order valence-corrected chi connectivity index (χ0v) is 11.2. The highest BCUT2D eigenvalue weighted by molar-refractivity contribution is 5.83. The lowest BCUT2D eigenvalue weighted by Crippen LogP contribution is -2.37. The highest BCUT2D eigenvalue weighted by Gasteiger charge is 2.38. The molecular formula is C17H21N. The van der Waals surface area contributed by atoms with E-state index in [0.29, 0.717) is 11.5 Å². The molecule has 2 aromatic carbocycles. The molecule has 0 bridgehead atoms. The normalized spacial score (nSPS) is 27.8. The number of hydrogen-bond acceptors (Lipinski definition) is 1. The Balaban J connectivity index is 2.08. The maximum atomic E-state index is 3.64. The van der Waals surface area contributed by atoms with Crippen molar-refractivity contribution in [1.82, 2.24) is 5.32 Å². The number of nitrogens with one attached hydrogen (secondary N) is 1. The predicted octanol–water partition coefficient (Wildman–Crippen LogP) is 3.87. The van der Waals surface area contributed by atoms with Gasteiger partial charge in [-0.25, -0.2) is 0 Å². The van der Waals surface area contributed by atoms with E-state index in [2.05, 4.69) is 61.6 Å². The molecule has 94 valence electrons. The van der Waals surface area contributed by atoms with Crippen molar-refractivity contribution in [3.63, 3.8) is 0 Å². The van der Waals surface area contributed by atoms with E-state index >= 15 is 0 Å². The molecule has 1 nitrogen and oxygen atoms in total. The molecule has 1 fully saturated rings. The van der Waals surface area contributed by atoms with Crippen LogP contribution in [0.5, 0.6) is 0 Å². The van der Waals surface area contributed by atoms with Crippen LogP contribution in [-0.4, -0.2) is 12.6 Å². The molecule has 0 radical (unpaired) electrons. The van der Waals surface area contributed by atoms with Gasteiger partial charge in [-0.15, -0.1) is 0 Å². The standard InChI is InChI=1S/C17H21N/c1-3-16-17(2,10-11-18-16)15-9-8-13-6-4-5-7-14(13)12-15/h4-9,12,16,18H,3,10-11H2,1-2H3. The molecular weight excluding hydrogens is 218 g/mol. The molecule has 1 aliphatic rings. The van der Waals surface area contributed by atoms with E-state index in [9.17, 15) is 0 Å². The van der Waals surface area contributed by atoms with Gasteiger partial charge < -0.3 is 5.32 Å². The van der Waals surface area contributed by atoms with Gasteiger partial charge in [-0.1, -0.05) is 56.3 Å². The van der Waals surface area contributed by atoms with E-state index in [1.165, 1.54) is 29.2 Å². The lowest BCUT2D eigenvalue weighted by atomic mass is 9.75. The number of rotatable bonds is 2. The van der Waals surface area contributed by atoms with Crippen LogP contribution in [0, 0.1) is 0 Å². The van der Waals surface area contributed by atoms with E-state index in [0.717, 1.165) is 6.54 Å². The Labute approximate surface area is 109 Å². The largest absolute Gasteiger partial charge is 0.313 e. The molecule has 1 N–H and O–H groups in total. The zero-order valence-electron chi connectivity index (χ0n) is 11.2. The minimum Gasteiger partial charge on any atom is -0.313 e. The number of benzene rings is 2. The summed E-state index contributed by atoms with van der Waals surface area (Å²) in [7, 11) is 0. The fraction of sp³-hybridized carbons (Fsp3) is 0.412. The fourth-order valence-corrected chi connectivity index (χ4v) is 3.39. The fourth-order valence-electron chi connectivity index (χ4n) is 3.39. The monoisotopic (exact) mass is 239 g/mol. The Morgan fingerprint density at radius 3 is 2.72 bits per heavy atom. The van der Waals surface area contributed by atoms with Gasteiger partial charge in [0.2, 0.25) is 0 Å². The molecule has 0 saturated carbocycles. The van der Waals surface area contributed by atoms with Crippen molar-refractivity contribution in [2.75, 3.05) is 6.54 Å². The van der Waals surface area contributed by atoms with E-state index in [1.54, 1.807) is 0 Å². The predicted molar refractivity (Wildman–Crippen MR) is 78.0 cm³/mol. The van der Waals surface area contributed by atoms with Crippen molar-refractivity contribution in [3.8, 4) is 0 Å². The van der Waals surface area contributed by atoms with E-state index in [4.69, 9.17) is 0 Å². The van der Waals surface area contributed by atoms with E-state index < -0.39 is 0 Å². The molecule has 0 amide bonds. The van der Waals surface area contributed by atoms with Crippen molar-refractivity contribution in [2.24, 2.45) is 0 Å². The maximum Gasteiger partial charge on any atom is 0.0159 e. The molecule has 0 aromatic heterocycles. The topological polar surface area (TPSA) is 12.0 Å². The summed E-state index contributed by atoms with van der Waals surface area (Å²) in [5, 5.41) is 6.34. The Hall–Kier alpha value is -1.34. The van der Waals surface area contributed by atoms with Crippen LogP contribution in [-0.2, 0) is 5.41 Å². The summed E-state index contributed by atoms with van der Waals surface area (Å²) >= 11 is 0. The summed E-state index contributed by atoms with van der Waals surface area (Å²) in [6, 6.07) is 16.2. The molecule has 1 saturated heterocycles. The molecule has 3 rings (SSSR count). The zero-order chi connectivity index (χ0) is 12.6. The van der Waals surface area contributed by atoms with Gasteiger partial charge in [0.1, 0.15) is 0 Å². The van der Waals surface area contributed by atoms with Crippen molar-refractivity contribution < 1.29 is 0 Å². The van der Waals surface area contributed by atoms with Crippen molar-refractivity contribution in [2.45, 2.75) is 38.1 Å². The third kappa shape index (κ3) is 1.74. The summed E-state index contributed by atoms with van der Waals surface area (Å²) in [5.74, 6) is 0. The van der Waals surface area contributed by atoms with Crippen LogP contribution in [0.1, 0.15) is 32.3 Å². The highest BCUT2D eigenvalue weighted by Crippen LogP contribution is 2.37. The molecule has 2 atom stereocenters. The second kappa shape index (κ2) is 4.40. The molecule has 18 heavy (non-hydrogen) atoms. The summed E-state index contributed by atoms with van der Waals surface area (Å²) in [6.07, 6.45) is 2.44. The van der Waals surface area contributed by atoms with Crippen LogP contribution < -0.4 is 5.32 Å².